The maximum atomic E-state index is 5.17. The average Bonchev–Trinajstić information content (AvgIpc) is 3.76. The Morgan fingerprint density at radius 1 is 0.351 bits per heavy atom. The summed E-state index contributed by atoms with van der Waals surface area (Å²) in [5.41, 5.74) is 19.5. The fraction of sp³-hybridized carbons (Fsp3) is 0.0370. The lowest BCUT2D eigenvalue weighted by molar-refractivity contribution is 0.793. The van der Waals surface area contributed by atoms with Crippen molar-refractivity contribution in [3.8, 4) is 67.3 Å². The van der Waals surface area contributed by atoms with Gasteiger partial charge in [0.2, 0.25) is 0 Å². The summed E-state index contributed by atoms with van der Waals surface area (Å²) >= 11 is 0. The Morgan fingerprint density at radius 2 is 0.807 bits per heavy atom. The smallest absolute Gasteiger partial charge is 0.160 e. The second-order valence-electron chi connectivity index (χ2n) is 15.0. The Bertz CT molecular complexity index is 2870. The largest absolute Gasteiger partial charge is 0.344 e. The lowest BCUT2D eigenvalue weighted by Crippen LogP contribution is -2.26. The Morgan fingerprint density at radius 3 is 1.35 bits per heavy atom. The van der Waals surface area contributed by atoms with E-state index in [1.807, 2.05) is 12.1 Å². The Hall–Kier alpha value is -7.36. The van der Waals surface area contributed by atoms with Gasteiger partial charge in [0.15, 0.2) is 5.82 Å². The minimum Gasteiger partial charge on any atom is -0.344 e. The maximum absolute atomic E-state index is 5.17. The van der Waals surface area contributed by atoms with E-state index in [1.165, 1.54) is 55.6 Å². The molecule has 57 heavy (non-hydrogen) atoms. The van der Waals surface area contributed by atoms with Crippen LogP contribution in [0, 0.1) is 0 Å². The van der Waals surface area contributed by atoms with Crippen molar-refractivity contribution < 1.29 is 0 Å². The summed E-state index contributed by atoms with van der Waals surface area (Å²) in [6, 6.07) is 74.2. The molecule has 0 amide bonds. The highest BCUT2D eigenvalue weighted by atomic mass is 15.1. The highest BCUT2D eigenvalue weighted by Crippen LogP contribution is 2.63. The van der Waals surface area contributed by atoms with Crippen molar-refractivity contribution >= 4 is 11.4 Å². The van der Waals surface area contributed by atoms with Crippen molar-refractivity contribution in [2.75, 3.05) is 11.9 Å². The molecule has 2 aliphatic rings. The molecule has 11 rings (SSSR count). The number of anilines is 2. The SMILES string of the molecule is CN(c1cccc(-c2nc(-c3ccccc3)cc(-c3ccccc3)n2)c1)c1cc2c(cc1-c1ccccc1)-c1ccccc1C21c2ccccc2-c2ccccc21. The second-order valence-corrected chi connectivity index (χ2v) is 15.0. The van der Waals surface area contributed by atoms with Crippen LogP contribution in [0.25, 0.3) is 67.3 Å². The van der Waals surface area contributed by atoms with Gasteiger partial charge in [0.1, 0.15) is 0 Å². The average molecular weight is 728 g/mol. The van der Waals surface area contributed by atoms with Crippen LogP contribution < -0.4 is 4.90 Å². The molecule has 1 spiro atoms. The van der Waals surface area contributed by atoms with E-state index in [4.69, 9.17) is 9.97 Å². The van der Waals surface area contributed by atoms with Crippen molar-refractivity contribution in [2.45, 2.75) is 5.41 Å². The lowest BCUT2D eigenvalue weighted by atomic mass is 9.70. The molecule has 0 unspecified atom stereocenters. The van der Waals surface area contributed by atoms with E-state index in [9.17, 15) is 0 Å². The molecule has 9 aromatic rings. The first-order valence-electron chi connectivity index (χ1n) is 19.6. The van der Waals surface area contributed by atoms with Gasteiger partial charge in [-0.05, 0) is 80.4 Å². The zero-order valence-electron chi connectivity index (χ0n) is 31.5. The molecule has 0 fully saturated rings. The predicted octanol–water partition coefficient (Wildman–Crippen LogP) is 13.3. The normalized spacial score (nSPS) is 12.8. The fourth-order valence-electron chi connectivity index (χ4n) is 9.34. The van der Waals surface area contributed by atoms with Crippen LogP contribution in [0.1, 0.15) is 22.3 Å². The van der Waals surface area contributed by atoms with Gasteiger partial charge >= 0.3 is 0 Å². The van der Waals surface area contributed by atoms with Crippen LogP contribution in [0.15, 0.2) is 206 Å². The molecule has 268 valence electrons. The van der Waals surface area contributed by atoms with Gasteiger partial charge in [-0.2, -0.15) is 0 Å². The molecule has 1 heterocycles. The predicted molar refractivity (Wildman–Crippen MR) is 235 cm³/mol. The minimum atomic E-state index is -0.439. The summed E-state index contributed by atoms with van der Waals surface area (Å²) in [7, 11) is 2.19. The van der Waals surface area contributed by atoms with Gasteiger partial charge in [-0.3, -0.25) is 0 Å². The van der Waals surface area contributed by atoms with Gasteiger partial charge in [-0.25, -0.2) is 9.97 Å². The first-order valence-corrected chi connectivity index (χ1v) is 19.6. The number of hydrogen-bond donors (Lipinski definition) is 0. The molecular formula is C54H37N3. The molecular weight excluding hydrogens is 691 g/mol. The van der Waals surface area contributed by atoms with Crippen LogP contribution >= 0.6 is 0 Å². The first-order chi connectivity index (χ1) is 28.2. The molecule has 0 saturated carbocycles. The van der Waals surface area contributed by atoms with Gasteiger partial charge in [-0.1, -0.05) is 176 Å². The summed E-state index contributed by atoms with van der Waals surface area (Å²) in [5.74, 6) is 0.691. The van der Waals surface area contributed by atoms with Crippen molar-refractivity contribution in [2.24, 2.45) is 0 Å². The van der Waals surface area contributed by atoms with Crippen molar-refractivity contribution in [1.82, 2.24) is 9.97 Å². The second kappa shape index (κ2) is 13.1. The van der Waals surface area contributed by atoms with Crippen molar-refractivity contribution in [1.29, 1.82) is 0 Å². The molecule has 0 N–H and O–H groups in total. The van der Waals surface area contributed by atoms with Crippen molar-refractivity contribution in [3.05, 3.63) is 229 Å². The standard InChI is InChI=1S/C54H37N3/c1-57(40-25-17-24-39(32-40)53-55-50(37-20-7-3-8-21-37)35-51(56-53)38-22-9-4-10-23-38)52-34-49-45(33-44(52)36-18-5-2-6-19-36)43-28-13-16-31-48(43)54(49)46-29-14-11-26-41(46)42-27-12-15-30-47(42)54/h2-35H,1H3. The number of fused-ring (bicyclic) bond motifs is 10. The minimum absolute atomic E-state index is 0.439. The quantitative estimate of drug-likeness (QED) is 0.171. The fourth-order valence-corrected chi connectivity index (χ4v) is 9.34. The molecule has 0 saturated heterocycles. The summed E-state index contributed by atoms with van der Waals surface area (Å²) in [4.78, 5) is 12.7. The zero-order chi connectivity index (χ0) is 37.9. The topological polar surface area (TPSA) is 29.0 Å². The van der Waals surface area contributed by atoms with Crippen LogP contribution in [-0.2, 0) is 5.41 Å². The third-order valence-electron chi connectivity index (χ3n) is 11.9. The highest BCUT2D eigenvalue weighted by Gasteiger charge is 2.51. The molecule has 0 radical (unpaired) electrons. The molecule has 2 aliphatic carbocycles. The summed E-state index contributed by atoms with van der Waals surface area (Å²) in [6.45, 7) is 0. The number of aromatic nitrogens is 2. The molecule has 1 aromatic heterocycles. The van der Waals surface area contributed by atoms with Crippen LogP contribution in [0.4, 0.5) is 11.4 Å². The number of nitrogens with zero attached hydrogens (tertiary/aromatic N) is 3. The van der Waals surface area contributed by atoms with Gasteiger partial charge in [0.05, 0.1) is 16.8 Å². The summed E-state index contributed by atoms with van der Waals surface area (Å²) < 4.78 is 0. The van der Waals surface area contributed by atoms with Crippen LogP contribution in [0.2, 0.25) is 0 Å². The van der Waals surface area contributed by atoms with Gasteiger partial charge in [-0.15, -0.1) is 0 Å². The van der Waals surface area contributed by atoms with E-state index in [0.717, 1.165) is 39.5 Å². The number of rotatable bonds is 6. The van der Waals surface area contributed by atoms with E-state index >= 15 is 0 Å². The van der Waals surface area contributed by atoms with Gasteiger partial charge in [0.25, 0.3) is 0 Å². The zero-order valence-corrected chi connectivity index (χ0v) is 31.5. The molecule has 3 nitrogen and oxygen atoms in total. The Labute approximate surface area is 333 Å². The number of hydrogen-bond acceptors (Lipinski definition) is 3. The van der Waals surface area contributed by atoms with Gasteiger partial charge in [0, 0.05) is 40.7 Å². The number of benzene rings is 8. The summed E-state index contributed by atoms with van der Waals surface area (Å²) in [5, 5.41) is 0. The van der Waals surface area contributed by atoms with E-state index in [0.29, 0.717) is 5.82 Å². The summed E-state index contributed by atoms with van der Waals surface area (Å²) in [6.07, 6.45) is 0. The maximum Gasteiger partial charge on any atom is 0.160 e. The first kappa shape index (κ1) is 33.0. The Kier molecular flexibility index (Phi) is 7.61. The van der Waals surface area contributed by atoms with E-state index < -0.39 is 5.41 Å². The molecule has 8 aromatic carbocycles. The molecule has 0 atom stereocenters. The van der Waals surface area contributed by atoms with Gasteiger partial charge < -0.3 is 4.90 Å². The Balaban J connectivity index is 1.12. The lowest BCUT2D eigenvalue weighted by Gasteiger charge is -2.32. The molecule has 0 aliphatic heterocycles. The van der Waals surface area contributed by atoms with Crippen LogP contribution in [-0.4, -0.2) is 17.0 Å². The van der Waals surface area contributed by atoms with Crippen molar-refractivity contribution in [3.63, 3.8) is 0 Å². The monoisotopic (exact) mass is 727 g/mol. The van der Waals surface area contributed by atoms with Crippen LogP contribution in [0.3, 0.4) is 0 Å². The molecule has 0 bridgehead atoms. The third-order valence-corrected chi connectivity index (χ3v) is 11.9. The molecule has 3 heteroatoms. The van der Waals surface area contributed by atoms with Crippen LogP contribution in [0.5, 0.6) is 0 Å². The van der Waals surface area contributed by atoms with E-state index in [-0.39, 0.29) is 0 Å². The van der Waals surface area contributed by atoms with E-state index in [2.05, 4.69) is 206 Å². The highest BCUT2D eigenvalue weighted by molar-refractivity contribution is 5.99. The third kappa shape index (κ3) is 5.13. The van der Waals surface area contributed by atoms with E-state index in [1.54, 1.807) is 0 Å².